The molecule has 1 heterocycles. The second-order valence-electron chi connectivity index (χ2n) is 3.58. The molecule has 2 rings (SSSR count). The lowest BCUT2D eigenvalue weighted by Gasteiger charge is -2.21. The molecule has 0 aliphatic heterocycles. The van der Waals surface area contributed by atoms with Gasteiger partial charge in [-0.3, -0.25) is 4.31 Å². The van der Waals surface area contributed by atoms with Crippen molar-refractivity contribution in [2.45, 2.75) is 11.1 Å². The van der Waals surface area contributed by atoms with Gasteiger partial charge in [-0.15, -0.1) is 11.3 Å². The molecule has 0 amide bonds. The molecule has 1 aromatic carbocycles. The summed E-state index contributed by atoms with van der Waals surface area (Å²) in [5, 5.41) is 1.77. The van der Waals surface area contributed by atoms with Gasteiger partial charge < -0.3 is 0 Å². The molecule has 0 aliphatic carbocycles. The van der Waals surface area contributed by atoms with E-state index >= 15 is 0 Å². The maximum Gasteiger partial charge on any atom is 0.273 e. The van der Waals surface area contributed by atoms with Crippen LogP contribution < -0.4 is 4.31 Å². The van der Waals surface area contributed by atoms with E-state index in [0.717, 1.165) is 4.47 Å². The summed E-state index contributed by atoms with van der Waals surface area (Å²) in [6.07, 6.45) is 0. The molecule has 0 saturated carbocycles. The van der Waals surface area contributed by atoms with E-state index in [-0.39, 0.29) is 0 Å². The minimum absolute atomic E-state index is 0.368. The van der Waals surface area contributed by atoms with E-state index in [1.807, 2.05) is 19.1 Å². The molecular weight excluding hydrogens is 334 g/mol. The van der Waals surface area contributed by atoms with Crippen molar-refractivity contribution in [2.75, 3.05) is 10.8 Å². The van der Waals surface area contributed by atoms with Crippen molar-refractivity contribution in [1.29, 1.82) is 0 Å². The molecule has 18 heavy (non-hydrogen) atoms. The molecule has 0 saturated heterocycles. The highest BCUT2D eigenvalue weighted by atomic mass is 79.9. The Labute approximate surface area is 119 Å². The van der Waals surface area contributed by atoms with Gasteiger partial charge in [-0.2, -0.15) is 0 Å². The van der Waals surface area contributed by atoms with Crippen molar-refractivity contribution in [3.05, 3.63) is 46.3 Å². The average Bonchev–Trinajstić information content (AvgIpc) is 2.86. The number of rotatable bonds is 4. The molecular formula is C12H12BrNO2S2. The third-order valence-electron chi connectivity index (χ3n) is 2.44. The topological polar surface area (TPSA) is 37.4 Å². The lowest BCUT2D eigenvalue weighted by atomic mass is 10.3. The fourth-order valence-electron chi connectivity index (χ4n) is 1.62. The minimum Gasteiger partial charge on any atom is -0.266 e. The van der Waals surface area contributed by atoms with Crippen LogP contribution in [0.15, 0.2) is 50.5 Å². The Bertz CT molecular complexity index is 606. The zero-order valence-electron chi connectivity index (χ0n) is 9.71. The summed E-state index contributed by atoms with van der Waals surface area (Å²) in [5.41, 5.74) is 0.675. The van der Waals surface area contributed by atoms with Gasteiger partial charge in [-0.05, 0) is 42.6 Å². The van der Waals surface area contributed by atoms with Gasteiger partial charge in [0.05, 0.1) is 5.69 Å². The quantitative estimate of drug-likeness (QED) is 0.846. The Morgan fingerprint density at radius 2 is 1.89 bits per heavy atom. The second-order valence-corrected chi connectivity index (χ2v) is 7.53. The summed E-state index contributed by atoms with van der Waals surface area (Å²) in [5.74, 6) is 0. The van der Waals surface area contributed by atoms with Crippen LogP contribution in [-0.2, 0) is 10.0 Å². The number of thiophene rings is 1. The lowest BCUT2D eigenvalue weighted by Crippen LogP contribution is -2.30. The van der Waals surface area contributed by atoms with Crippen LogP contribution in [-0.4, -0.2) is 15.0 Å². The highest BCUT2D eigenvalue weighted by Crippen LogP contribution is 2.27. The van der Waals surface area contributed by atoms with Crippen LogP contribution in [0.3, 0.4) is 0 Å². The fourth-order valence-corrected chi connectivity index (χ4v) is 4.46. The summed E-state index contributed by atoms with van der Waals surface area (Å²) < 4.78 is 27.6. The summed E-state index contributed by atoms with van der Waals surface area (Å²) in [6.45, 7) is 2.23. The van der Waals surface area contributed by atoms with Crippen LogP contribution in [0.2, 0.25) is 0 Å². The number of hydrogen-bond donors (Lipinski definition) is 0. The highest BCUT2D eigenvalue weighted by molar-refractivity contribution is 9.10. The van der Waals surface area contributed by atoms with Crippen LogP contribution in [0, 0.1) is 0 Å². The Hall–Kier alpha value is -0.850. The standard InChI is InChI=1S/C12H12BrNO2S2/c1-2-14(11-7-5-10(13)6-8-11)18(15,16)12-4-3-9-17-12/h3-9H,2H2,1H3. The number of benzene rings is 1. The molecule has 0 bridgehead atoms. The van der Waals surface area contributed by atoms with Crippen LogP contribution in [0.4, 0.5) is 5.69 Å². The van der Waals surface area contributed by atoms with E-state index in [1.165, 1.54) is 15.6 Å². The monoisotopic (exact) mass is 345 g/mol. The van der Waals surface area contributed by atoms with Crippen molar-refractivity contribution < 1.29 is 8.42 Å². The summed E-state index contributed by atoms with van der Waals surface area (Å²) in [4.78, 5) is 0. The van der Waals surface area contributed by atoms with Gasteiger partial charge in [0.25, 0.3) is 10.0 Å². The Balaban J connectivity index is 2.43. The summed E-state index contributed by atoms with van der Waals surface area (Å²) >= 11 is 4.57. The van der Waals surface area contributed by atoms with Gasteiger partial charge in [0.1, 0.15) is 4.21 Å². The van der Waals surface area contributed by atoms with Crippen LogP contribution in [0.1, 0.15) is 6.92 Å². The number of halogens is 1. The first-order valence-corrected chi connectivity index (χ1v) is 8.49. The molecule has 3 nitrogen and oxygen atoms in total. The number of hydrogen-bond acceptors (Lipinski definition) is 3. The SMILES string of the molecule is CCN(c1ccc(Br)cc1)S(=O)(=O)c1cccs1. The maximum atomic E-state index is 12.4. The predicted molar refractivity (Wildman–Crippen MR) is 78.7 cm³/mol. The number of anilines is 1. The number of nitrogens with zero attached hydrogens (tertiary/aromatic N) is 1. The normalized spacial score (nSPS) is 11.4. The van der Waals surface area contributed by atoms with E-state index in [0.29, 0.717) is 16.4 Å². The van der Waals surface area contributed by atoms with Gasteiger partial charge in [-0.1, -0.05) is 22.0 Å². The molecule has 0 atom stereocenters. The van der Waals surface area contributed by atoms with Crippen molar-refractivity contribution in [3.63, 3.8) is 0 Å². The molecule has 0 fully saturated rings. The Kier molecular flexibility index (Phi) is 4.09. The lowest BCUT2D eigenvalue weighted by molar-refractivity contribution is 0.594. The van der Waals surface area contributed by atoms with Gasteiger partial charge in [-0.25, -0.2) is 8.42 Å². The smallest absolute Gasteiger partial charge is 0.266 e. The minimum atomic E-state index is -3.44. The van der Waals surface area contributed by atoms with Crippen molar-refractivity contribution in [1.82, 2.24) is 0 Å². The third-order valence-corrected chi connectivity index (χ3v) is 6.25. The van der Waals surface area contributed by atoms with Crippen LogP contribution in [0.5, 0.6) is 0 Å². The van der Waals surface area contributed by atoms with Gasteiger partial charge in [0.15, 0.2) is 0 Å². The first kappa shape index (κ1) is 13.6. The highest BCUT2D eigenvalue weighted by Gasteiger charge is 2.24. The summed E-state index contributed by atoms with van der Waals surface area (Å²) in [7, 11) is -3.44. The zero-order chi connectivity index (χ0) is 13.2. The van der Waals surface area contributed by atoms with Gasteiger partial charge in [0.2, 0.25) is 0 Å². The molecule has 0 unspecified atom stereocenters. The van der Waals surface area contributed by atoms with E-state index in [2.05, 4.69) is 15.9 Å². The van der Waals surface area contributed by atoms with Crippen molar-refractivity contribution in [2.24, 2.45) is 0 Å². The second kappa shape index (κ2) is 5.42. The van der Waals surface area contributed by atoms with E-state index in [1.54, 1.807) is 29.6 Å². The van der Waals surface area contributed by atoms with E-state index in [9.17, 15) is 8.42 Å². The van der Waals surface area contributed by atoms with E-state index in [4.69, 9.17) is 0 Å². The first-order valence-electron chi connectivity index (χ1n) is 5.37. The molecule has 2 aromatic rings. The van der Waals surface area contributed by atoms with Crippen molar-refractivity contribution in [3.8, 4) is 0 Å². The predicted octanol–water partition coefficient (Wildman–Crippen LogP) is 3.73. The van der Waals surface area contributed by atoms with Gasteiger partial charge >= 0.3 is 0 Å². The Morgan fingerprint density at radius 3 is 2.39 bits per heavy atom. The average molecular weight is 346 g/mol. The molecule has 96 valence electrons. The largest absolute Gasteiger partial charge is 0.273 e. The third kappa shape index (κ3) is 2.60. The fraction of sp³-hybridized carbons (Fsp3) is 0.167. The molecule has 0 radical (unpaired) electrons. The van der Waals surface area contributed by atoms with Crippen LogP contribution >= 0.6 is 27.3 Å². The first-order chi connectivity index (χ1) is 8.55. The number of sulfonamides is 1. The Morgan fingerprint density at radius 1 is 1.22 bits per heavy atom. The molecule has 0 spiro atoms. The molecule has 6 heteroatoms. The van der Waals surface area contributed by atoms with E-state index < -0.39 is 10.0 Å². The maximum absolute atomic E-state index is 12.4. The zero-order valence-corrected chi connectivity index (χ0v) is 12.9. The molecule has 1 aromatic heterocycles. The van der Waals surface area contributed by atoms with Crippen LogP contribution in [0.25, 0.3) is 0 Å². The molecule has 0 aliphatic rings. The van der Waals surface area contributed by atoms with Gasteiger partial charge in [0, 0.05) is 11.0 Å². The molecule has 0 N–H and O–H groups in total. The van der Waals surface area contributed by atoms with Crippen molar-refractivity contribution >= 4 is 43.0 Å². The summed E-state index contributed by atoms with van der Waals surface area (Å²) in [6, 6.07) is 10.6.